The van der Waals surface area contributed by atoms with Crippen molar-refractivity contribution >= 4 is 5.97 Å². The first-order chi connectivity index (χ1) is 13.0. The summed E-state index contributed by atoms with van der Waals surface area (Å²) in [5.41, 5.74) is 0.876. The highest BCUT2D eigenvalue weighted by Crippen LogP contribution is 2.27. The summed E-state index contributed by atoms with van der Waals surface area (Å²) < 4.78 is 17.5. The number of aromatic amines is 1. The van der Waals surface area contributed by atoms with Crippen molar-refractivity contribution in [1.82, 2.24) is 9.55 Å². The fourth-order valence-electron chi connectivity index (χ4n) is 2.95. The second-order valence-electron chi connectivity index (χ2n) is 6.51. The molecule has 1 aromatic carbocycles. The van der Waals surface area contributed by atoms with Crippen LogP contribution in [0.2, 0.25) is 0 Å². The second kappa shape index (κ2) is 8.32. The van der Waals surface area contributed by atoms with E-state index in [2.05, 4.69) is 4.98 Å². The van der Waals surface area contributed by atoms with Crippen LogP contribution >= 0.6 is 0 Å². The molecule has 0 unspecified atom stereocenters. The summed E-state index contributed by atoms with van der Waals surface area (Å²) in [7, 11) is 1.47. The molecule has 1 fully saturated rings. The zero-order chi connectivity index (χ0) is 19.4. The normalized spacial score (nSPS) is 19.2. The van der Waals surface area contributed by atoms with Gasteiger partial charge in [0.2, 0.25) is 0 Å². The molecule has 2 aromatic rings. The number of hydrogen-bond acceptors (Lipinski definition) is 6. The van der Waals surface area contributed by atoms with Crippen LogP contribution in [0.15, 0.2) is 40.1 Å². The van der Waals surface area contributed by atoms with E-state index in [0.29, 0.717) is 24.0 Å². The molecule has 0 radical (unpaired) electrons. The topological polar surface area (TPSA) is 99.6 Å². The first-order valence-electron chi connectivity index (χ1n) is 8.70. The fraction of sp³-hybridized carbons (Fsp3) is 0.421. The van der Waals surface area contributed by atoms with Gasteiger partial charge in [-0.2, -0.15) is 0 Å². The van der Waals surface area contributed by atoms with Crippen LogP contribution in [0.5, 0.6) is 0 Å². The number of rotatable bonds is 6. The number of nitrogens with zero attached hydrogens (tertiary/aromatic N) is 1. The molecule has 1 aromatic heterocycles. The van der Waals surface area contributed by atoms with Gasteiger partial charge in [0, 0.05) is 13.3 Å². The SMILES string of the molecule is COCc1cn([C@H]2CC[C@@H](COC(=O)c3ccc(C)cc3)O2)c(=O)[nH]c1=O. The average molecular weight is 374 g/mol. The summed E-state index contributed by atoms with van der Waals surface area (Å²) in [5.74, 6) is -0.411. The molecule has 0 aliphatic carbocycles. The number of carbonyl (C=O) groups is 1. The number of esters is 1. The molecule has 2 atom stereocenters. The van der Waals surface area contributed by atoms with Crippen molar-refractivity contribution in [2.45, 2.75) is 38.7 Å². The van der Waals surface area contributed by atoms with Gasteiger partial charge in [-0.25, -0.2) is 9.59 Å². The first kappa shape index (κ1) is 19.1. The van der Waals surface area contributed by atoms with Gasteiger partial charge in [0.05, 0.1) is 23.8 Å². The molecule has 2 heterocycles. The van der Waals surface area contributed by atoms with Crippen molar-refractivity contribution in [2.24, 2.45) is 0 Å². The van der Waals surface area contributed by atoms with Gasteiger partial charge in [0.1, 0.15) is 12.8 Å². The van der Waals surface area contributed by atoms with E-state index < -0.39 is 23.4 Å². The fourth-order valence-corrected chi connectivity index (χ4v) is 2.95. The molecule has 1 saturated heterocycles. The van der Waals surface area contributed by atoms with Crippen LogP contribution in [0.3, 0.4) is 0 Å². The van der Waals surface area contributed by atoms with E-state index in [9.17, 15) is 14.4 Å². The maximum absolute atomic E-state index is 12.1. The lowest BCUT2D eigenvalue weighted by Gasteiger charge is -2.16. The van der Waals surface area contributed by atoms with Crippen molar-refractivity contribution < 1.29 is 19.0 Å². The number of aromatic nitrogens is 2. The number of nitrogens with one attached hydrogen (secondary N) is 1. The lowest BCUT2D eigenvalue weighted by atomic mass is 10.1. The van der Waals surface area contributed by atoms with Gasteiger partial charge in [0.15, 0.2) is 0 Å². The van der Waals surface area contributed by atoms with Gasteiger partial charge in [-0.1, -0.05) is 17.7 Å². The second-order valence-corrected chi connectivity index (χ2v) is 6.51. The minimum Gasteiger partial charge on any atom is -0.459 e. The van der Waals surface area contributed by atoms with Crippen LogP contribution in [0.25, 0.3) is 0 Å². The molecule has 0 saturated carbocycles. The quantitative estimate of drug-likeness (QED) is 0.770. The number of H-pyrrole nitrogens is 1. The monoisotopic (exact) mass is 374 g/mol. The molecule has 27 heavy (non-hydrogen) atoms. The minimum absolute atomic E-state index is 0.0971. The van der Waals surface area contributed by atoms with E-state index in [1.54, 1.807) is 12.1 Å². The van der Waals surface area contributed by atoms with Crippen LogP contribution in [0.1, 0.15) is 40.6 Å². The Labute approximate surface area is 155 Å². The highest BCUT2D eigenvalue weighted by Gasteiger charge is 2.29. The minimum atomic E-state index is -0.540. The Kier molecular flexibility index (Phi) is 5.88. The summed E-state index contributed by atoms with van der Waals surface area (Å²) >= 11 is 0. The molecule has 144 valence electrons. The van der Waals surface area contributed by atoms with Crippen molar-refractivity contribution in [1.29, 1.82) is 0 Å². The third-order valence-corrected chi connectivity index (χ3v) is 4.42. The third-order valence-electron chi connectivity index (χ3n) is 4.42. The Morgan fingerprint density at radius 2 is 2.00 bits per heavy atom. The Morgan fingerprint density at radius 1 is 1.26 bits per heavy atom. The van der Waals surface area contributed by atoms with E-state index in [1.165, 1.54) is 17.9 Å². The number of hydrogen-bond donors (Lipinski definition) is 1. The highest BCUT2D eigenvalue weighted by atomic mass is 16.6. The van der Waals surface area contributed by atoms with E-state index in [0.717, 1.165) is 5.56 Å². The van der Waals surface area contributed by atoms with Crippen molar-refractivity contribution in [2.75, 3.05) is 13.7 Å². The lowest BCUT2D eigenvalue weighted by molar-refractivity contribution is -0.0342. The van der Waals surface area contributed by atoms with Crippen LogP contribution in [-0.4, -0.2) is 35.3 Å². The van der Waals surface area contributed by atoms with Gasteiger partial charge < -0.3 is 14.2 Å². The van der Waals surface area contributed by atoms with E-state index in [4.69, 9.17) is 14.2 Å². The molecule has 1 aliphatic rings. The molecule has 0 spiro atoms. The predicted molar refractivity (Wildman–Crippen MR) is 96.6 cm³/mol. The Balaban J connectivity index is 1.61. The molecule has 1 N–H and O–H groups in total. The highest BCUT2D eigenvalue weighted by molar-refractivity contribution is 5.89. The zero-order valence-corrected chi connectivity index (χ0v) is 15.3. The average Bonchev–Trinajstić information content (AvgIpc) is 3.11. The molecule has 0 amide bonds. The van der Waals surface area contributed by atoms with Crippen molar-refractivity contribution in [3.8, 4) is 0 Å². The molecule has 3 rings (SSSR count). The third kappa shape index (κ3) is 4.53. The van der Waals surface area contributed by atoms with Crippen LogP contribution < -0.4 is 11.2 Å². The maximum Gasteiger partial charge on any atom is 0.338 e. The summed E-state index contributed by atoms with van der Waals surface area (Å²) in [6, 6.07) is 7.12. The number of methoxy groups -OCH3 is 1. The number of benzene rings is 1. The van der Waals surface area contributed by atoms with Crippen LogP contribution in [0, 0.1) is 6.92 Å². The molecule has 8 nitrogen and oxygen atoms in total. The maximum atomic E-state index is 12.1. The number of aryl methyl sites for hydroxylation is 1. The van der Waals surface area contributed by atoms with E-state index in [-0.39, 0.29) is 19.3 Å². The van der Waals surface area contributed by atoms with E-state index >= 15 is 0 Å². The Hall–Kier alpha value is -2.71. The van der Waals surface area contributed by atoms with Gasteiger partial charge >= 0.3 is 11.7 Å². The predicted octanol–water partition coefficient (Wildman–Crippen LogP) is 1.53. The molecular formula is C19H22N2O6. The zero-order valence-electron chi connectivity index (χ0n) is 15.3. The first-order valence-corrected chi connectivity index (χ1v) is 8.70. The van der Waals surface area contributed by atoms with Crippen molar-refractivity contribution in [3.63, 3.8) is 0 Å². The van der Waals surface area contributed by atoms with Gasteiger partial charge in [-0.15, -0.1) is 0 Å². The largest absolute Gasteiger partial charge is 0.459 e. The standard InChI is InChI=1S/C19H22N2O6/c1-12-3-5-13(6-4-12)18(23)26-11-15-7-8-16(27-15)21-9-14(10-25-2)17(22)20-19(21)24/h3-6,9,15-16H,7-8,10-11H2,1-2H3,(H,20,22,24)/t15-,16+/m0/s1. The number of ether oxygens (including phenoxy) is 3. The molecule has 0 bridgehead atoms. The van der Waals surface area contributed by atoms with Gasteiger partial charge in [-0.05, 0) is 31.9 Å². The Morgan fingerprint density at radius 3 is 2.70 bits per heavy atom. The summed E-state index contributed by atoms with van der Waals surface area (Å²) in [5, 5.41) is 0. The van der Waals surface area contributed by atoms with Crippen LogP contribution in [-0.2, 0) is 20.8 Å². The summed E-state index contributed by atoms with van der Waals surface area (Å²) in [4.78, 5) is 38.2. The summed E-state index contributed by atoms with van der Waals surface area (Å²) in [6.45, 7) is 2.14. The Bertz CT molecular complexity index is 915. The van der Waals surface area contributed by atoms with Crippen molar-refractivity contribution in [3.05, 3.63) is 68.0 Å². The summed E-state index contributed by atoms with van der Waals surface area (Å²) in [6.07, 6.45) is 1.83. The molecule has 1 aliphatic heterocycles. The molecular weight excluding hydrogens is 352 g/mol. The van der Waals surface area contributed by atoms with E-state index in [1.807, 2.05) is 19.1 Å². The lowest BCUT2D eigenvalue weighted by Crippen LogP contribution is -2.34. The number of carbonyl (C=O) groups excluding carboxylic acids is 1. The smallest absolute Gasteiger partial charge is 0.338 e. The van der Waals surface area contributed by atoms with Gasteiger partial charge in [0.25, 0.3) is 5.56 Å². The van der Waals surface area contributed by atoms with Gasteiger partial charge in [-0.3, -0.25) is 14.3 Å². The van der Waals surface area contributed by atoms with Crippen LogP contribution in [0.4, 0.5) is 0 Å². The molecule has 8 heteroatoms.